The average Bonchev–Trinajstić information content (AvgIpc) is 2.71. The second-order valence-corrected chi connectivity index (χ2v) is 7.60. The molecule has 1 aliphatic carbocycles. The number of carbonyl (C=O) groups excluding carboxylic acids is 2. The Balaban J connectivity index is 1.70. The zero-order chi connectivity index (χ0) is 16.8. The number of rotatable bonds is 0. The molecule has 5 nitrogen and oxygen atoms in total. The van der Waals surface area contributed by atoms with E-state index in [1.165, 1.54) is 0 Å². The third-order valence-corrected chi connectivity index (χ3v) is 4.72. The van der Waals surface area contributed by atoms with Crippen LogP contribution in [0.5, 0.6) is 5.75 Å². The number of phenolic OH excluding ortho intramolecular Hbond substituents is 1. The molecule has 1 fully saturated rings. The van der Waals surface area contributed by atoms with E-state index >= 15 is 0 Å². The Morgan fingerprint density at radius 3 is 2.52 bits per heavy atom. The molecule has 1 N–H and O–H groups in total. The van der Waals surface area contributed by atoms with Crippen molar-refractivity contribution in [3.63, 3.8) is 0 Å². The summed E-state index contributed by atoms with van der Waals surface area (Å²) in [5.74, 6) is 0.229. The standard InChI is InChI=1S/C18H23NO4/c1-17(2,3)23-16(22)19-8-6-18(7-9-19)11-12-4-5-13(20)10-14(12)15(18)21/h4-5,10,20H,6-9,11H2,1-3H3. The molecule has 124 valence electrons. The normalized spacial score (nSPS) is 19.8. The van der Waals surface area contributed by atoms with Gasteiger partial charge in [-0.15, -0.1) is 0 Å². The molecule has 1 aromatic rings. The van der Waals surface area contributed by atoms with Gasteiger partial charge in [0.25, 0.3) is 0 Å². The van der Waals surface area contributed by atoms with E-state index in [-0.39, 0.29) is 17.6 Å². The first-order valence-corrected chi connectivity index (χ1v) is 8.05. The van der Waals surface area contributed by atoms with Crippen molar-refractivity contribution in [2.24, 2.45) is 5.41 Å². The van der Waals surface area contributed by atoms with Gasteiger partial charge in [0.2, 0.25) is 0 Å². The highest BCUT2D eigenvalue weighted by Gasteiger charge is 2.48. The van der Waals surface area contributed by atoms with E-state index in [0.29, 0.717) is 37.9 Å². The van der Waals surface area contributed by atoms with Crippen molar-refractivity contribution in [2.75, 3.05) is 13.1 Å². The van der Waals surface area contributed by atoms with Crippen LogP contribution in [0.2, 0.25) is 0 Å². The van der Waals surface area contributed by atoms with Gasteiger partial charge in [-0.25, -0.2) is 4.79 Å². The summed E-state index contributed by atoms with van der Waals surface area (Å²) in [5, 5.41) is 9.60. The molecule has 0 radical (unpaired) electrons. The minimum Gasteiger partial charge on any atom is -0.508 e. The quantitative estimate of drug-likeness (QED) is 0.798. The number of ether oxygens (including phenoxy) is 1. The summed E-state index contributed by atoms with van der Waals surface area (Å²) in [4.78, 5) is 26.6. The van der Waals surface area contributed by atoms with Crippen LogP contribution in [-0.4, -0.2) is 40.6 Å². The Kier molecular flexibility index (Phi) is 3.62. The number of amides is 1. The van der Waals surface area contributed by atoms with Crippen LogP contribution in [0, 0.1) is 5.41 Å². The minimum absolute atomic E-state index is 0.104. The number of hydrogen-bond acceptors (Lipinski definition) is 4. The Morgan fingerprint density at radius 2 is 1.91 bits per heavy atom. The van der Waals surface area contributed by atoms with Crippen LogP contribution in [0.25, 0.3) is 0 Å². The number of piperidine rings is 1. The molecule has 1 heterocycles. The van der Waals surface area contributed by atoms with Crippen LogP contribution in [0.1, 0.15) is 49.5 Å². The Morgan fingerprint density at radius 1 is 1.26 bits per heavy atom. The molecule has 1 aromatic carbocycles. The van der Waals surface area contributed by atoms with Gasteiger partial charge in [0.15, 0.2) is 5.78 Å². The van der Waals surface area contributed by atoms with E-state index in [9.17, 15) is 14.7 Å². The second kappa shape index (κ2) is 5.25. The van der Waals surface area contributed by atoms with E-state index in [1.807, 2.05) is 26.8 Å². The van der Waals surface area contributed by atoms with Crippen molar-refractivity contribution < 1.29 is 19.4 Å². The zero-order valence-corrected chi connectivity index (χ0v) is 13.9. The number of benzene rings is 1. The number of fused-ring (bicyclic) bond motifs is 1. The third-order valence-electron chi connectivity index (χ3n) is 4.72. The second-order valence-electron chi connectivity index (χ2n) is 7.60. The molecule has 23 heavy (non-hydrogen) atoms. The fraction of sp³-hybridized carbons (Fsp3) is 0.556. The van der Waals surface area contributed by atoms with E-state index < -0.39 is 11.0 Å². The minimum atomic E-state index is -0.511. The highest BCUT2D eigenvalue weighted by atomic mass is 16.6. The number of aromatic hydroxyl groups is 1. The number of likely N-dealkylation sites (tertiary alicyclic amines) is 1. The van der Waals surface area contributed by atoms with Crippen LogP contribution in [0.4, 0.5) is 4.79 Å². The van der Waals surface area contributed by atoms with Crippen LogP contribution < -0.4 is 0 Å². The first-order valence-electron chi connectivity index (χ1n) is 8.05. The Hall–Kier alpha value is -2.04. The van der Waals surface area contributed by atoms with Gasteiger partial charge in [0.1, 0.15) is 11.4 Å². The van der Waals surface area contributed by atoms with E-state index in [0.717, 1.165) is 5.56 Å². The van der Waals surface area contributed by atoms with Crippen molar-refractivity contribution in [1.29, 1.82) is 0 Å². The average molecular weight is 317 g/mol. The smallest absolute Gasteiger partial charge is 0.410 e. The van der Waals surface area contributed by atoms with Crippen LogP contribution in [-0.2, 0) is 11.2 Å². The number of carbonyl (C=O) groups is 2. The van der Waals surface area contributed by atoms with E-state index in [2.05, 4.69) is 0 Å². The van der Waals surface area contributed by atoms with Crippen molar-refractivity contribution >= 4 is 11.9 Å². The lowest BCUT2D eigenvalue weighted by atomic mass is 9.75. The third kappa shape index (κ3) is 2.92. The lowest BCUT2D eigenvalue weighted by molar-refractivity contribution is 0.0114. The number of phenols is 1. The SMILES string of the molecule is CC(C)(C)OC(=O)N1CCC2(CC1)Cc1ccc(O)cc1C2=O. The molecule has 0 unspecified atom stereocenters. The molecule has 1 aliphatic heterocycles. The highest BCUT2D eigenvalue weighted by Crippen LogP contribution is 2.45. The maximum atomic E-state index is 12.8. The lowest BCUT2D eigenvalue weighted by Gasteiger charge is -2.38. The van der Waals surface area contributed by atoms with E-state index in [1.54, 1.807) is 17.0 Å². The predicted molar refractivity (Wildman–Crippen MR) is 85.6 cm³/mol. The molecule has 0 bridgehead atoms. The molecule has 1 spiro atoms. The van der Waals surface area contributed by atoms with Gasteiger partial charge >= 0.3 is 6.09 Å². The summed E-state index contributed by atoms with van der Waals surface area (Å²) >= 11 is 0. The van der Waals surface area contributed by atoms with Gasteiger partial charge < -0.3 is 14.7 Å². The van der Waals surface area contributed by atoms with Gasteiger partial charge in [-0.1, -0.05) is 6.07 Å². The number of ketones is 1. The molecule has 5 heteroatoms. The van der Waals surface area contributed by atoms with Crippen LogP contribution in [0.3, 0.4) is 0 Å². The fourth-order valence-electron chi connectivity index (χ4n) is 3.51. The molecular formula is C18H23NO4. The summed E-state index contributed by atoms with van der Waals surface area (Å²) in [6.45, 7) is 6.60. The Bertz CT molecular complexity index is 651. The molecule has 2 aliphatic rings. The fourth-order valence-corrected chi connectivity index (χ4v) is 3.51. The van der Waals surface area contributed by atoms with Crippen molar-refractivity contribution in [3.8, 4) is 5.75 Å². The van der Waals surface area contributed by atoms with Crippen LogP contribution >= 0.6 is 0 Å². The van der Waals surface area contributed by atoms with Gasteiger partial charge in [0, 0.05) is 24.1 Å². The maximum Gasteiger partial charge on any atom is 0.410 e. The first-order chi connectivity index (χ1) is 10.7. The molecule has 0 aromatic heterocycles. The summed E-state index contributed by atoms with van der Waals surface area (Å²) in [6.07, 6.45) is 1.66. The first kappa shape index (κ1) is 15.8. The highest BCUT2D eigenvalue weighted by molar-refractivity contribution is 6.05. The van der Waals surface area contributed by atoms with Gasteiger partial charge in [0.05, 0.1) is 0 Å². The zero-order valence-electron chi connectivity index (χ0n) is 13.9. The lowest BCUT2D eigenvalue weighted by Crippen LogP contribution is -2.47. The van der Waals surface area contributed by atoms with Gasteiger partial charge in [-0.05, 0) is 57.7 Å². The molecule has 0 saturated carbocycles. The molecular weight excluding hydrogens is 294 g/mol. The van der Waals surface area contributed by atoms with Gasteiger partial charge in [-0.2, -0.15) is 0 Å². The monoisotopic (exact) mass is 317 g/mol. The number of Topliss-reactive ketones (excluding diaryl/α,β-unsaturated/α-hetero) is 1. The summed E-state index contributed by atoms with van der Waals surface area (Å²) in [5.41, 5.74) is 0.701. The topological polar surface area (TPSA) is 66.8 Å². The number of hydrogen-bond donors (Lipinski definition) is 1. The van der Waals surface area contributed by atoms with Crippen molar-refractivity contribution in [1.82, 2.24) is 4.90 Å². The molecule has 0 atom stereocenters. The number of nitrogens with zero attached hydrogens (tertiary/aromatic N) is 1. The largest absolute Gasteiger partial charge is 0.508 e. The molecule has 1 amide bonds. The van der Waals surface area contributed by atoms with E-state index in [4.69, 9.17) is 4.74 Å². The maximum absolute atomic E-state index is 12.8. The molecule has 1 saturated heterocycles. The van der Waals surface area contributed by atoms with Crippen molar-refractivity contribution in [3.05, 3.63) is 29.3 Å². The van der Waals surface area contributed by atoms with Crippen molar-refractivity contribution in [2.45, 2.75) is 45.6 Å². The van der Waals surface area contributed by atoms with Crippen LogP contribution in [0.15, 0.2) is 18.2 Å². The van der Waals surface area contributed by atoms with Gasteiger partial charge in [-0.3, -0.25) is 4.79 Å². The Labute approximate surface area is 136 Å². The summed E-state index contributed by atoms with van der Waals surface area (Å²) in [7, 11) is 0. The summed E-state index contributed by atoms with van der Waals surface area (Å²) < 4.78 is 5.40. The molecule has 3 rings (SSSR count). The summed E-state index contributed by atoms with van der Waals surface area (Å²) in [6, 6.07) is 5.02. The predicted octanol–water partition coefficient (Wildman–Crippen LogP) is 3.15.